The topological polar surface area (TPSA) is 38.3 Å². The molecule has 4 rings (SSSR count). The Bertz CT molecular complexity index is 1030. The fraction of sp³-hybridized carbons (Fsp3) is 0.160. The van der Waals surface area contributed by atoms with Crippen LogP contribution in [0.2, 0.25) is 0 Å². The molecule has 1 aliphatic rings. The highest BCUT2D eigenvalue weighted by molar-refractivity contribution is 9.10. The normalized spacial score (nSPS) is 12.6. The summed E-state index contributed by atoms with van der Waals surface area (Å²) < 4.78 is 6.62. The van der Waals surface area contributed by atoms with E-state index in [-0.39, 0.29) is 5.92 Å². The van der Waals surface area contributed by atoms with E-state index in [1.54, 1.807) is 0 Å². The van der Waals surface area contributed by atoms with Gasteiger partial charge in [0.15, 0.2) is 0 Å². The zero-order valence-electron chi connectivity index (χ0n) is 16.2. The second-order valence-corrected chi connectivity index (χ2v) is 7.92. The van der Waals surface area contributed by atoms with Crippen LogP contribution in [0.3, 0.4) is 0 Å². The van der Waals surface area contributed by atoms with E-state index >= 15 is 0 Å². The number of amides is 1. The van der Waals surface area contributed by atoms with Gasteiger partial charge >= 0.3 is 6.09 Å². The first-order chi connectivity index (χ1) is 14.1. The predicted molar refractivity (Wildman–Crippen MR) is 121 cm³/mol. The van der Waals surface area contributed by atoms with Crippen molar-refractivity contribution in [2.75, 3.05) is 13.2 Å². The minimum Gasteiger partial charge on any atom is -0.449 e. The summed E-state index contributed by atoms with van der Waals surface area (Å²) in [4.78, 5) is 12.2. The summed E-state index contributed by atoms with van der Waals surface area (Å²) in [6.07, 6.45) is 3.53. The average Bonchev–Trinajstić information content (AvgIpc) is 3.06. The van der Waals surface area contributed by atoms with Crippen LogP contribution in [-0.4, -0.2) is 19.2 Å². The molecule has 0 aliphatic heterocycles. The van der Waals surface area contributed by atoms with Gasteiger partial charge < -0.3 is 10.1 Å². The van der Waals surface area contributed by atoms with Gasteiger partial charge in [-0.05, 0) is 46.4 Å². The molecule has 4 heteroatoms. The molecule has 0 radical (unpaired) electrons. The summed E-state index contributed by atoms with van der Waals surface area (Å²) in [6, 6.07) is 22.7. The number of alkyl carbamates (subject to hydrolysis) is 1. The molecule has 0 heterocycles. The molecule has 1 amide bonds. The molecule has 3 aromatic rings. The number of fused-ring (bicyclic) bond motifs is 3. The van der Waals surface area contributed by atoms with Gasteiger partial charge in [0.1, 0.15) is 6.61 Å². The van der Waals surface area contributed by atoms with Crippen LogP contribution >= 0.6 is 15.9 Å². The summed E-state index contributed by atoms with van der Waals surface area (Å²) in [5.41, 5.74) is 7.17. The average molecular weight is 448 g/mol. The van der Waals surface area contributed by atoms with E-state index < -0.39 is 6.09 Å². The van der Waals surface area contributed by atoms with Crippen LogP contribution in [0.1, 0.15) is 28.2 Å². The summed E-state index contributed by atoms with van der Waals surface area (Å²) >= 11 is 3.53. The first-order valence-electron chi connectivity index (χ1n) is 9.65. The van der Waals surface area contributed by atoms with Gasteiger partial charge in [-0.1, -0.05) is 88.7 Å². The highest BCUT2D eigenvalue weighted by Gasteiger charge is 2.28. The molecule has 0 fully saturated rings. The van der Waals surface area contributed by atoms with Crippen LogP contribution in [0, 0.1) is 6.92 Å². The van der Waals surface area contributed by atoms with E-state index in [0.717, 1.165) is 10.0 Å². The van der Waals surface area contributed by atoms with Crippen molar-refractivity contribution < 1.29 is 9.53 Å². The molecule has 0 saturated carbocycles. The number of hydrogen-bond acceptors (Lipinski definition) is 2. The van der Waals surface area contributed by atoms with Gasteiger partial charge in [-0.15, -0.1) is 0 Å². The number of halogens is 1. The van der Waals surface area contributed by atoms with Crippen LogP contribution in [0.15, 0.2) is 77.3 Å². The zero-order valence-corrected chi connectivity index (χ0v) is 17.8. The van der Waals surface area contributed by atoms with Gasteiger partial charge in [-0.3, -0.25) is 0 Å². The Morgan fingerprint density at radius 3 is 2.34 bits per heavy atom. The van der Waals surface area contributed by atoms with Crippen molar-refractivity contribution in [3.8, 4) is 11.1 Å². The molecule has 29 heavy (non-hydrogen) atoms. The molecule has 3 aromatic carbocycles. The molecule has 0 unspecified atom stereocenters. The van der Waals surface area contributed by atoms with Gasteiger partial charge in [0.05, 0.1) is 0 Å². The number of carbonyl (C=O) groups is 1. The molecule has 0 atom stereocenters. The van der Waals surface area contributed by atoms with Crippen molar-refractivity contribution >= 4 is 28.1 Å². The van der Waals surface area contributed by atoms with Crippen LogP contribution < -0.4 is 5.32 Å². The fourth-order valence-corrected chi connectivity index (χ4v) is 4.16. The highest BCUT2D eigenvalue weighted by Crippen LogP contribution is 2.44. The molecular weight excluding hydrogens is 426 g/mol. The minimum absolute atomic E-state index is 0.0769. The van der Waals surface area contributed by atoms with Gasteiger partial charge in [-0.25, -0.2) is 4.79 Å². The number of benzene rings is 3. The van der Waals surface area contributed by atoms with Gasteiger partial charge in [-0.2, -0.15) is 0 Å². The minimum atomic E-state index is -0.400. The Morgan fingerprint density at radius 1 is 1.00 bits per heavy atom. The van der Waals surface area contributed by atoms with Crippen LogP contribution in [-0.2, 0) is 4.74 Å². The summed E-state index contributed by atoms with van der Waals surface area (Å²) in [5, 5.41) is 2.80. The fourth-order valence-electron chi connectivity index (χ4n) is 3.78. The Balaban J connectivity index is 1.34. The lowest BCUT2D eigenvalue weighted by atomic mass is 9.98. The number of carbonyl (C=O) groups excluding carboxylic acids is 1. The SMILES string of the molecule is Cc1c(Br)cccc1C=CCNC(=O)OCC1c2ccccc2-c2ccccc21. The maximum Gasteiger partial charge on any atom is 0.407 e. The maximum absolute atomic E-state index is 12.2. The number of rotatable bonds is 5. The van der Waals surface area contributed by atoms with E-state index in [9.17, 15) is 4.79 Å². The molecule has 0 spiro atoms. The summed E-state index contributed by atoms with van der Waals surface area (Å²) in [6.45, 7) is 2.81. The molecular formula is C25H22BrNO2. The van der Waals surface area contributed by atoms with E-state index in [1.807, 2.05) is 54.6 Å². The number of hydrogen-bond donors (Lipinski definition) is 1. The molecule has 3 nitrogen and oxygen atoms in total. The lowest BCUT2D eigenvalue weighted by Gasteiger charge is -2.14. The smallest absolute Gasteiger partial charge is 0.407 e. The van der Waals surface area contributed by atoms with Crippen molar-refractivity contribution in [1.29, 1.82) is 0 Å². The second-order valence-electron chi connectivity index (χ2n) is 7.06. The number of ether oxygens (including phenoxy) is 1. The molecule has 146 valence electrons. The van der Waals surface area contributed by atoms with Crippen molar-refractivity contribution in [2.24, 2.45) is 0 Å². The predicted octanol–water partition coefficient (Wildman–Crippen LogP) is 6.31. The van der Waals surface area contributed by atoms with E-state index in [0.29, 0.717) is 13.2 Å². The Labute approximate surface area is 179 Å². The van der Waals surface area contributed by atoms with Crippen LogP contribution in [0.4, 0.5) is 4.79 Å². The van der Waals surface area contributed by atoms with E-state index in [2.05, 4.69) is 52.4 Å². The van der Waals surface area contributed by atoms with Crippen molar-refractivity contribution in [3.63, 3.8) is 0 Å². The largest absolute Gasteiger partial charge is 0.449 e. The van der Waals surface area contributed by atoms with Crippen LogP contribution in [0.5, 0.6) is 0 Å². The third kappa shape index (κ3) is 4.13. The van der Waals surface area contributed by atoms with Gasteiger partial charge in [0, 0.05) is 16.9 Å². The highest BCUT2D eigenvalue weighted by atomic mass is 79.9. The molecule has 1 N–H and O–H groups in total. The molecule has 0 bridgehead atoms. The lowest BCUT2D eigenvalue weighted by molar-refractivity contribution is 0.144. The summed E-state index contributed by atoms with van der Waals surface area (Å²) in [7, 11) is 0. The monoisotopic (exact) mass is 447 g/mol. The third-order valence-electron chi connectivity index (χ3n) is 5.31. The van der Waals surface area contributed by atoms with Crippen molar-refractivity contribution in [2.45, 2.75) is 12.8 Å². The van der Waals surface area contributed by atoms with Crippen LogP contribution in [0.25, 0.3) is 17.2 Å². The van der Waals surface area contributed by atoms with Crippen molar-refractivity contribution in [3.05, 3.63) is 99.5 Å². The van der Waals surface area contributed by atoms with E-state index in [1.165, 1.54) is 27.8 Å². The Hall–Kier alpha value is -2.85. The standard InChI is InChI=1S/C25H22BrNO2/c1-17-18(8-6-14-24(17)26)9-7-15-27-25(28)29-16-23-21-12-4-2-10-19(21)20-11-3-5-13-22(20)23/h2-14,23H,15-16H2,1H3,(H,27,28). The number of nitrogens with one attached hydrogen (secondary N) is 1. The Kier molecular flexibility index (Phi) is 5.81. The van der Waals surface area contributed by atoms with Gasteiger partial charge in [0.25, 0.3) is 0 Å². The third-order valence-corrected chi connectivity index (χ3v) is 6.17. The second kappa shape index (κ2) is 8.66. The molecule has 0 saturated heterocycles. The van der Waals surface area contributed by atoms with E-state index in [4.69, 9.17) is 4.74 Å². The lowest BCUT2D eigenvalue weighted by Crippen LogP contribution is -2.26. The zero-order chi connectivity index (χ0) is 20.2. The first-order valence-corrected chi connectivity index (χ1v) is 10.4. The molecule has 1 aliphatic carbocycles. The Morgan fingerprint density at radius 2 is 1.66 bits per heavy atom. The quantitative estimate of drug-likeness (QED) is 0.497. The molecule has 0 aromatic heterocycles. The van der Waals surface area contributed by atoms with Gasteiger partial charge in [0.2, 0.25) is 0 Å². The summed E-state index contributed by atoms with van der Waals surface area (Å²) in [5.74, 6) is 0.0769. The first kappa shape index (κ1) is 19.5. The maximum atomic E-state index is 12.2. The van der Waals surface area contributed by atoms with Crippen molar-refractivity contribution in [1.82, 2.24) is 5.32 Å².